The Morgan fingerprint density at radius 3 is 2.65 bits per heavy atom. The monoisotopic (exact) mass is 358 g/mol. The third kappa shape index (κ3) is 2.89. The summed E-state index contributed by atoms with van der Waals surface area (Å²) in [5.41, 5.74) is 6.82. The van der Waals surface area contributed by atoms with Gasteiger partial charge in [0.2, 0.25) is 0 Å². The highest BCUT2D eigenvalue weighted by Gasteiger charge is 2.12. The van der Waals surface area contributed by atoms with Crippen LogP contribution in [0.1, 0.15) is 10.6 Å². The number of anilines is 2. The smallest absolute Gasteiger partial charge is 0.291 e. The van der Waals surface area contributed by atoms with Crippen LogP contribution in [0.25, 0.3) is 0 Å². The molecule has 0 fully saturated rings. The number of nitrogen functional groups attached to an aromatic ring is 1. The number of rotatable bonds is 2. The predicted octanol–water partition coefficient (Wildman–Crippen LogP) is 3.64. The summed E-state index contributed by atoms with van der Waals surface area (Å²) in [5, 5.41) is 2.70. The molecule has 2 aromatic rings. The minimum atomic E-state index is -0.331. The fraction of sp³-hybridized carbons (Fsp3) is 0. The van der Waals surface area contributed by atoms with E-state index in [2.05, 4.69) is 37.2 Å². The van der Waals surface area contributed by atoms with Crippen molar-refractivity contribution < 1.29 is 9.21 Å². The van der Waals surface area contributed by atoms with Crippen molar-refractivity contribution in [1.82, 2.24) is 0 Å². The van der Waals surface area contributed by atoms with Gasteiger partial charge < -0.3 is 15.5 Å². The normalized spacial score (nSPS) is 10.2. The van der Waals surface area contributed by atoms with Crippen molar-refractivity contribution in [3.05, 3.63) is 45.2 Å². The summed E-state index contributed by atoms with van der Waals surface area (Å²) in [6, 6.07) is 8.41. The predicted molar refractivity (Wildman–Crippen MR) is 72.9 cm³/mol. The van der Waals surface area contributed by atoms with Crippen molar-refractivity contribution in [3.8, 4) is 0 Å². The standard InChI is InChI=1S/C11H8Br2N2O2/c12-7-2-1-6(14)5-8(7)15-11(16)9-3-4-10(13)17-9/h1-5H,14H2,(H,15,16). The topological polar surface area (TPSA) is 68.3 Å². The van der Waals surface area contributed by atoms with Gasteiger partial charge in [0, 0.05) is 10.2 Å². The summed E-state index contributed by atoms with van der Waals surface area (Å²) in [6.45, 7) is 0. The molecule has 1 heterocycles. The fourth-order valence-electron chi connectivity index (χ4n) is 1.26. The van der Waals surface area contributed by atoms with Gasteiger partial charge in [-0.05, 0) is 62.2 Å². The first kappa shape index (κ1) is 12.2. The summed E-state index contributed by atoms with van der Waals surface area (Å²) >= 11 is 6.46. The molecule has 0 aliphatic carbocycles. The number of halogens is 2. The maximum Gasteiger partial charge on any atom is 0.291 e. The van der Waals surface area contributed by atoms with Gasteiger partial charge in [-0.1, -0.05) is 0 Å². The first-order valence-electron chi connectivity index (χ1n) is 4.68. The Kier molecular flexibility index (Phi) is 3.54. The molecule has 0 saturated carbocycles. The first-order chi connectivity index (χ1) is 8.06. The number of benzene rings is 1. The highest BCUT2D eigenvalue weighted by Crippen LogP contribution is 2.25. The molecule has 0 aliphatic heterocycles. The van der Waals surface area contributed by atoms with Crippen LogP contribution in [0, 0.1) is 0 Å². The number of furan rings is 1. The molecular formula is C11H8Br2N2O2. The highest BCUT2D eigenvalue weighted by atomic mass is 79.9. The molecule has 0 unspecified atom stereocenters. The van der Waals surface area contributed by atoms with E-state index in [0.717, 1.165) is 4.47 Å². The van der Waals surface area contributed by atoms with Crippen molar-refractivity contribution in [2.45, 2.75) is 0 Å². The molecule has 1 aromatic heterocycles. The maximum absolute atomic E-state index is 11.8. The molecule has 0 radical (unpaired) electrons. The Balaban J connectivity index is 2.21. The molecule has 6 heteroatoms. The average Bonchev–Trinajstić information content (AvgIpc) is 2.70. The van der Waals surface area contributed by atoms with E-state index in [-0.39, 0.29) is 11.7 Å². The second-order valence-electron chi connectivity index (χ2n) is 3.30. The molecule has 17 heavy (non-hydrogen) atoms. The Labute approximate surface area is 114 Å². The number of hydrogen-bond acceptors (Lipinski definition) is 3. The molecule has 0 atom stereocenters. The lowest BCUT2D eigenvalue weighted by atomic mass is 10.3. The van der Waals surface area contributed by atoms with Gasteiger partial charge in [-0.2, -0.15) is 0 Å². The third-order valence-corrected chi connectivity index (χ3v) is 3.15. The van der Waals surface area contributed by atoms with Crippen LogP contribution in [0.4, 0.5) is 11.4 Å². The Bertz CT molecular complexity index is 566. The van der Waals surface area contributed by atoms with E-state index in [9.17, 15) is 4.79 Å². The number of carbonyl (C=O) groups is 1. The third-order valence-electron chi connectivity index (χ3n) is 2.04. The summed E-state index contributed by atoms with van der Waals surface area (Å²) in [4.78, 5) is 11.8. The molecule has 4 nitrogen and oxygen atoms in total. The van der Waals surface area contributed by atoms with Crippen LogP contribution in [0.3, 0.4) is 0 Å². The number of carbonyl (C=O) groups excluding carboxylic acids is 1. The molecule has 0 saturated heterocycles. The van der Waals surface area contributed by atoms with Crippen molar-refractivity contribution in [2.75, 3.05) is 11.1 Å². The second-order valence-corrected chi connectivity index (χ2v) is 4.93. The van der Waals surface area contributed by atoms with Gasteiger partial charge in [-0.15, -0.1) is 0 Å². The fourth-order valence-corrected chi connectivity index (χ4v) is 1.91. The lowest BCUT2D eigenvalue weighted by Crippen LogP contribution is -2.11. The van der Waals surface area contributed by atoms with Crippen molar-refractivity contribution in [3.63, 3.8) is 0 Å². The van der Waals surface area contributed by atoms with Crippen LogP contribution in [0.5, 0.6) is 0 Å². The van der Waals surface area contributed by atoms with Gasteiger partial charge in [0.15, 0.2) is 10.4 Å². The van der Waals surface area contributed by atoms with Gasteiger partial charge in [-0.25, -0.2) is 0 Å². The van der Waals surface area contributed by atoms with Crippen molar-refractivity contribution >= 4 is 49.1 Å². The van der Waals surface area contributed by atoms with E-state index >= 15 is 0 Å². The van der Waals surface area contributed by atoms with Gasteiger partial charge in [-0.3, -0.25) is 4.79 Å². The summed E-state index contributed by atoms with van der Waals surface area (Å²) in [5.74, 6) is -0.104. The second kappa shape index (κ2) is 4.93. The minimum absolute atomic E-state index is 0.228. The van der Waals surface area contributed by atoms with E-state index in [0.29, 0.717) is 16.0 Å². The Hall–Kier alpha value is -1.27. The van der Waals surface area contributed by atoms with E-state index in [1.54, 1.807) is 30.3 Å². The van der Waals surface area contributed by atoms with Crippen LogP contribution >= 0.6 is 31.9 Å². The lowest BCUT2D eigenvalue weighted by Gasteiger charge is -2.06. The summed E-state index contributed by atoms with van der Waals surface area (Å²) in [7, 11) is 0. The number of hydrogen-bond donors (Lipinski definition) is 2. The Morgan fingerprint density at radius 2 is 2.00 bits per heavy atom. The van der Waals surface area contributed by atoms with Gasteiger partial charge in [0.1, 0.15) is 0 Å². The maximum atomic E-state index is 11.8. The van der Waals surface area contributed by atoms with Gasteiger partial charge in [0.05, 0.1) is 5.69 Å². The quantitative estimate of drug-likeness (QED) is 0.804. The van der Waals surface area contributed by atoms with E-state index < -0.39 is 0 Å². The zero-order valence-electron chi connectivity index (χ0n) is 8.54. The first-order valence-corrected chi connectivity index (χ1v) is 6.26. The van der Waals surface area contributed by atoms with Gasteiger partial charge >= 0.3 is 0 Å². The van der Waals surface area contributed by atoms with Crippen LogP contribution in [-0.2, 0) is 0 Å². The van der Waals surface area contributed by atoms with Crippen LogP contribution in [0.15, 0.2) is 43.9 Å². The molecule has 1 aromatic carbocycles. The molecule has 88 valence electrons. The van der Waals surface area contributed by atoms with Crippen LogP contribution in [0.2, 0.25) is 0 Å². The molecule has 0 bridgehead atoms. The van der Waals surface area contributed by atoms with E-state index in [4.69, 9.17) is 10.2 Å². The average molecular weight is 360 g/mol. The molecule has 1 amide bonds. The number of nitrogens with two attached hydrogens (primary N) is 1. The van der Waals surface area contributed by atoms with Gasteiger partial charge in [0.25, 0.3) is 5.91 Å². The summed E-state index contributed by atoms with van der Waals surface area (Å²) < 4.78 is 6.41. The lowest BCUT2D eigenvalue weighted by molar-refractivity contribution is 0.0995. The van der Waals surface area contributed by atoms with Crippen molar-refractivity contribution in [1.29, 1.82) is 0 Å². The van der Waals surface area contributed by atoms with E-state index in [1.807, 2.05) is 0 Å². The minimum Gasteiger partial charge on any atom is -0.444 e. The molecule has 3 N–H and O–H groups in total. The molecule has 2 rings (SSSR count). The SMILES string of the molecule is Nc1ccc(Br)c(NC(=O)c2ccc(Br)o2)c1. The summed E-state index contributed by atoms with van der Waals surface area (Å²) in [6.07, 6.45) is 0. The molecular weight excluding hydrogens is 352 g/mol. The largest absolute Gasteiger partial charge is 0.444 e. The zero-order valence-corrected chi connectivity index (χ0v) is 11.7. The zero-order chi connectivity index (χ0) is 12.4. The van der Waals surface area contributed by atoms with Crippen LogP contribution in [-0.4, -0.2) is 5.91 Å². The Morgan fingerprint density at radius 1 is 1.24 bits per heavy atom. The molecule has 0 aliphatic rings. The highest BCUT2D eigenvalue weighted by molar-refractivity contribution is 9.10. The van der Waals surface area contributed by atoms with Crippen molar-refractivity contribution in [2.24, 2.45) is 0 Å². The van der Waals surface area contributed by atoms with Crippen LogP contribution < -0.4 is 11.1 Å². The number of nitrogens with one attached hydrogen (secondary N) is 1. The number of amides is 1. The molecule has 0 spiro atoms. The van der Waals surface area contributed by atoms with E-state index in [1.165, 1.54) is 0 Å².